The maximum absolute atomic E-state index is 6.01. The minimum atomic E-state index is 0.764. The number of likely N-dealkylation sites (tertiary alicyclic amines) is 1. The summed E-state index contributed by atoms with van der Waals surface area (Å²) in [7, 11) is 0. The predicted molar refractivity (Wildman–Crippen MR) is 101 cm³/mol. The van der Waals surface area contributed by atoms with Gasteiger partial charge in [-0.1, -0.05) is 26.0 Å². The van der Waals surface area contributed by atoms with Gasteiger partial charge in [0.25, 0.3) is 0 Å². The van der Waals surface area contributed by atoms with Crippen molar-refractivity contribution in [3.8, 4) is 5.75 Å². The SMILES string of the molecule is CC1CC(C)CN(CCOc2cccc(CNN3CCOCC3)c2)C1. The molecule has 2 saturated heterocycles. The molecule has 1 aromatic rings. The first-order chi connectivity index (χ1) is 12.2. The van der Waals surface area contributed by atoms with Gasteiger partial charge in [0.2, 0.25) is 0 Å². The number of hydrazine groups is 1. The number of ether oxygens (including phenoxy) is 2. The van der Waals surface area contributed by atoms with Gasteiger partial charge in [-0.05, 0) is 36.0 Å². The molecular weight excluding hydrogens is 314 g/mol. The summed E-state index contributed by atoms with van der Waals surface area (Å²) in [5.41, 5.74) is 4.73. The van der Waals surface area contributed by atoms with Crippen LogP contribution in [0.4, 0.5) is 0 Å². The Labute approximate surface area is 152 Å². The number of nitrogens with one attached hydrogen (secondary N) is 1. The highest BCUT2D eigenvalue weighted by Gasteiger charge is 2.21. The average molecular weight is 348 g/mol. The van der Waals surface area contributed by atoms with Gasteiger partial charge in [0.15, 0.2) is 0 Å². The van der Waals surface area contributed by atoms with Crippen LogP contribution in [0.3, 0.4) is 0 Å². The van der Waals surface area contributed by atoms with Crippen molar-refractivity contribution in [2.45, 2.75) is 26.8 Å². The summed E-state index contributed by atoms with van der Waals surface area (Å²) in [5.74, 6) is 2.58. The van der Waals surface area contributed by atoms with Crippen LogP contribution in [0.15, 0.2) is 24.3 Å². The molecule has 140 valence electrons. The zero-order valence-electron chi connectivity index (χ0n) is 15.7. The Morgan fingerprint density at radius 1 is 1.16 bits per heavy atom. The highest BCUT2D eigenvalue weighted by Crippen LogP contribution is 2.20. The second kappa shape index (κ2) is 9.53. The minimum Gasteiger partial charge on any atom is -0.492 e. The smallest absolute Gasteiger partial charge is 0.119 e. The highest BCUT2D eigenvalue weighted by atomic mass is 16.5. The first kappa shape index (κ1) is 18.6. The Morgan fingerprint density at radius 3 is 2.68 bits per heavy atom. The van der Waals surface area contributed by atoms with Gasteiger partial charge < -0.3 is 9.47 Å². The average Bonchev–Trinajstić information content (AvgIpc) is 2.60. The Kier molecular flexibility index (Phi) is 7.11. The quantitative estimate of drug-likeness (QED) is 0.820. The monoisotopic (exact) mass is 347 g/mol. The van der Waals surface area contributed by atoms with Gasteiger partial charge in [0, 0.05) is 39.3 Å². The molecule has 0 radical (unpaired) electrons. The van der Waals surface area contributed by atoms with E-state index in [9.17, 15) is 0 Å². The van der Waals surface area contributed by atoms with Crippen molar-refractivity contribution in [1.29, 1.82) is 0 Å². The number of hydrogen-bond donors (Lipinski definition) is 1. The lowest BCUT2D eigenvalue weighted by atomic mass is 9.92. The van der Waals surface area contributed by atoms with E-state index < -0.39 is 0 Å². The number of rotatable bonds is 7. The van der Waals surface area contributed by atoms with Crippen LogP contribution in [-0.4, -0.2) is 62.5 Å². The van der Waals surface area contributed by atoms with Crippen molar-refractivity contribution in [2.75, 3.05) is 52.5 Å². The third-order valence-electron chi connectivity index (χ3n) is 5.04. The number of morpholine rings is 1. The van der Waals surface area contributed by atoms with E-state index in [4.69, 9.17) is 9.47 Å². The molecule has 2 atom stereocenters. The minimum absolute atomic E-state index is 0.764. The lowest BCUT2D eigenvalue weighted by Crippen LogP contribution is -2.45. The summed E-state index contributed by atoms with van der Waals surface area (Å²) in [4.78, 5) is 2.54. The molecule has 1 aromatic carbocycles. The predicted octanol–water partition coefficient (Wildman–Crippen LogP) is 2.38. The molecule has 3 rings (SSSR count). The molecule has 2 aliphatic heterocycles. The molecule has 0 bridgehead atoms. The Balaban J connectivity index is 1.40. The van der Waals surface area contributed by atoms with Gasteiger partial charge in [-0.25, -0.2) is 5.01 Å². The lowest BCUT2D eigenvalue weighted by molar-refractivity contribution is 0.0105. The molecule has 5 nitrogen and oxygen atoms in total. The molecule has 25 heavy (non-hydrogen) atoms. The summed E-state index contributed by atoms with van der Waals surface area (Å²) in [5, 5.41) is 2.23. The van der Waals surface area contributed by atoms with Gasteiger partial charge in [0.05, 0.1) is 13.2 Å². The topological polar surface area (TPSA) is 37.0 Å². The van der Waals surface area contributed by atoms with Gasteiger partial charge in [-0.3, -0.25) is 10.3 Å². The van der Waals surface area contributed by atoms with Crippen molar-refractivity contribution in [3.05, 3.63) is 29.8 Å². The van der Waals surface area contributed by atoms with E-state index in [1.807, 2.05) is 0 Å². The third kappa shape index (κ3) is 6.26. The molecule has 0 saturated carbocycles. The van der Waals surface area contributed by atoms with Crippen LogP contribution in [-0.2, 0) is 11.3 Å². The fraction of sp³-hybridized carbons (Fsp3) is 0.700. The van der Waals surface area contributed by atoms with E-state index in [2.05, 4.69) is 53.4 Å². The Bertz CT molecular complexity index is 509. The van der Waals surface area contributed by atoms with Crippen LogP contribution in [0.5, 0.6) is 5.75 Å². The molecule has 1 N–H and O–H groups in total. The third-order valence-corrected chi connectivity index (χ3v) is 5.04. The summed E-state index contributed by atoms with van der Waals surface area (Å²) in [6.45, 7) is 13.2. The molecule has 5 heteroatoms. The van der Waals surface area contributed by atoms with Crippen LogP contribution < -0.4 is 10.2 Å². The molecule has 2 unspecified atom stereocenters. The molecule has 2 heterocycles. The zero-order chi connectivity index (χ0) is 17.5. The molecule has 0 spiro atoms. The first-order valence-electron chi connectivity index (χ1n) is 9.69. The van der Waals surface area contributed by atoms with Crippen LogP contribution in [0.1, 0.15) is 25.8 Å². The summed E-state index contributed by atoms with van der Waals surface area (Å²) < 4.78 is 11.4. The van der Waals surface area contributed by atoms with Crippen LogP contribution in [0.2, 0.25) is 0 Å². The number of hydrogen-bond acceptors (Lipinski definition) is 5. The summed E-state index contributed by atoms with van der Waals surface area (Å²) in [6, 6.07) is 8.43. The van der Waals surface area contributed by atoms with E-state index in [1.54, 1.807) is 0 Å². The van der Waals surface area contributed by atoms with Gasteiger partial charge in [-0.2, -0.15) is 0 Å². The zero-order valence-corrected chi connectivity index (χ0v) is 15.7. The second-order valence-electron chi connectivity index (χ2n) is 7.64. The molecule has 0 aromatic heterocycles. The van der Waals surface area contributed by atoms with Gasteiger partial charge in [0.1, 0.15) is 12.4 Å². The molecule has 0 amide bonds. The van der Waals surface area contributed by atoms with Crippen molar-refractivity contribution >= 4 is 0 Å². The second-order valence-corrected chi connectivity index (χ2v) is 7.64. The number of piperidine rings is 1. The summed E-state index contributed by atoms with van der Waals surface area (Å²) in [6.07, 6.45) is 1.36. The van der Waals surface area contributed by atoms with Crippen molar-refractivity contribution in [3.63, 3.8) is 0 Å². The van der Waals surface area contributed by atoms with Gasteiger partial charge in [-0.15, -0.1) is 0 Å². The molecule has 0 aliphatic carbocycles. The Morgan fingerprint density at radius 2 is 1.92 bits per heavy atom. The number of benzene rings is 1. The van der Waals surface area contributed by atoms with Crippen LogP contribution in [0.25, 0.3) is 0 Å². The van der Waals surface area contributed by atoms with Crippen molar-refractivity contribution in [2.24, 2.45) is 11.8 Å². The molecule has 2 aliphatic rings. The van der Waals surface area contributed by atoms with Crippen molar-refractivity contribution in [1.82, 2.24) is 15.3 Å². The van der Waals surface area contributed by atoms with E-state index in [-0.39, 0.29) is 0 Å². The maximum Gasteiger partial charge on any atom is 0.119 e. The standard InChI is InChI=1S/C20H33N3O2/c1-17-12-18(2)16-22(15-17)6-11-25-20-5-3-4-19(13-20)14-21-23-7-9-24-10-8-23/h3-5,13,17-18,21H,6-12,14-16H2,1-2H3. The van der Waals surface area contributed by atoms with Crippen LogP contribution in [0, 0.1) is 11.8 Å². The van der Waals surface area contributed by atoms with E-state index in [0.717, 1.165) is 63.6 Å². The van der Waals surface area contributed by atoms with E-state index in [1.165, 1.54) is 25.1 Å². The maximum atomic E-state index is 6.01. The molecule has 2 fully saturated rings. The fourth-order valence-corrected chi connectivity index (χ4v) is 3.94. The normalized spacial score (nSPS) is 25.8. The first-order valence-corrected chi connectivity index (χ1v) is 9.69. The van der Waals surface area contributed by atoms with Gasteiger partial charge >= 0.3 is 0 Å². The van der Waals surface area contributed by atoms with Crippen LogP contribution >= 0.6 is 0 Å². The largest absolute Gasteiger partial charge is 0.492 e. The fourth-order valence-electron chi connectivity index (χ4n) is 3.94. The number of nitrogens with zero attached hydrogens (tertiary/aromatic N) is 2. The highest BCUT2D eigenvalue weighted by molar-refractivity contribution is 5.28. The lowest BCUT2D eigenvalue weighted by Gasteiger charge is -2.34. The van der Waals surface area contributed by atoms with Crippen molar-refractivity contribution < 1.29 is 9.47 Å². The molecular formula is C20H33N3O2. The van der Waals surface area contributed by atoms with E-state index in [0.29, 0.717) is 0 Å². The Hall–Kier alpha value is -1.14. The summed E-state index contributed by atoms with van der Waals surface area (Å²) >= 11 is 0. The van der Waals surface area contributed by atoms with E-state index >= 15 is 0 Å².